The molecule has 8 nitrogen and oxygen atoms in total. The van der Waals surface area contributed by atoms with E-state index in [2.05, 4.69) is 9.97 Å². The van der Waals surface area contributed by atoms with Gasteiger partial charge in [0.05, 0.1) is 34.8 Å². The predicted octanol–water partition coefficient (Wildman–Crippen LogP) is 0.636. The van der Waals surface area contributed by atoms with Crippen LogP contribution < -0.4 is 21.3 Å². The van der Waals surface area contributed by atoms with Gasteiger partial charge in [0, 0.05) is 26.5 Å². The number of pyridine rings is 2. The van der Waals surface area contributed by atoms with Gasteiger partial charge in [-0.1, -0.05) is 0 Å². The zero-order valence-electron chi connectivity index (χ0n) is 16.2. The molecule has 2 aromatic rings. The van der Waals surface area contributed by atoms with Crippen molar-refractivity contribution in [1.29, 1.82) is 0 Å². The van der Waals surface area contributed by atoms with Crippen LogP contribution in [0.2, 0.25) is 0 Å². The second-order valence-electron chi connectivity index (χ2n) is 7.02. The molecule has 0 unspecified atom stereocenters. The molecule has 0 radical (unpaired) electrons. The van der Waals surface area contributed by atoms with E-state index >= 15 is 0 Å². The second kappa shape index (κ2) is 8.45. The summed E-state index contributed by atoms with van der Waals surface area (Å²) in [5, 5.41) is 0. The SMILES string of the molecule is CN1C(=O)[C@@H](N)CCc2ncccc21.CN1C(=O)[C@H](N)CCc2ncccc21. The molecule has 2 aromatic heterocycles. The standard InChI is InChI=1S/2C10H13N3O/c2*1-13-9-3-2-6-12-8(9)5-4-7(11)10(13)14/h2*2-3,6-7H,4-5,11H2,1H3/t2*7-/m10/s1. The van der Waals surface area contributed by atoms with Crippen molar-refractivity contribution in [2.75, 3.05) is 23.9 Å². The molecular weight excluding hydrogens is 356 g/mol. The zero-order valence-corrected chi connectivity index (χ0v) is 16.2. The fraction of sp³-hybridized carbons (Fsp3) is 0.400. The maximum absolute atomic E-state index is 11.7. The van der Waals surface area contributed by atoms with Gasteiger partial charge in [-0.3, -0.25) is 19.6 Å². The van der Waals surface area contributed by atoms with E-state index in [-0.39, 0.29) is 11.8 Å². The number of carbonyl (C=O) groups is 2. The van der Waals surface area contributed by atoms with Gasteiger partial charge in [0.25, 0.3) is 0 Å². The Morgan fingerprint density at radius 2 is 1.21 bits per heavy atom. The lowest BCUT2D eigenvalue weighted by Gasteiger charge is -2.18. The molecule has 0 aliphatic carbocycles. The number of amides is 2. The third-order valence-electron chi connectivity index (χ3n) is 5.13. The highest BCUT2D eigenvalue weighted by Crippen LogP contribution is 2.23. The Labute approximate surface area is 164 Å². The highest BCUT2D eigenvalue weighted by Gasteiger charge is 2.26. The molecule has 4 heterocycles. The van der Waals surface area contributed by atoms with Crippen molar-refractivity contribution >= 4 is 23.2 Å². The van der Waals surface area contributed by atoms with Crippen LogP contribution in [-0.2, 0) is 22.4 Å². The van der Waals surface area contributed by atoms with Crippen molar-refractivity contribution in [3.05, 3.63) is 48.0 Å². The molecule has 0 saturated carbocycles. The van der Waals surface area contributed by atoms with Gasteiger partial charge in [-0.05, 0) is 49.9 Å². The van der Waals surface area contributed by atoms with E-state index in [9.17, 15) is 9.59 Å². The van der Waals surface area contributed by atoms with E-state index in [0.717, 1.165) is 35.6 Å². The number of likely N-dealkylation sites (N-methyl/N-ethyl adjacent to an activating group) is 2. The van der Waals surface area contributed by atoms with Gasteiger partial charge in [-0.25, -0.2) is 0 Å². The average Bonchev–Trinajstić information content (AvgIpc) is 2.90. The molecule has 148 valence electrons. The van der Waals surface area contributed by atoms with Gasteiger partial charge >= 0.3 is 0 Å². The first kappa shape index (κ1) is 19.9. The molecule has 0 bridgehead atoms. The first-order valence-electron chi connectivity index (χ1n) is 9.34. The Morgan fingerprint density at radius 3 is 1.61 bits per heavy atom. The van der Waals surface area contributed by atoms with Gasteiger partial charge in [0.15, 0.2) is 0 Å². The summed E-state index contributed by atoms with van der Waals surface area (Å²) in [4.78, 5) is 35.1. The zero-order chi connectivity index (χ0) is 20.3. The van der Waals surface area contributed by atoms with Crippen LogP contribution in [0.1, 0.15) is 24.2 Å². The van der Waals surface area contributed by atoms with Crippen molar-refractivity contribution in [2.45, 2.75) is 37.8 Å². The van der Waals surface area contributed by atoms with Crippen LogP contribution in [-0.4, -0.2) is 48.0 Å². The van der Waals surface area contributed by atoms with E-state index in [1.165, 1.54) is 0 Å². The number of hydrogen-bond acceptors (Lipinski definition) is 6. The Kier molecular flexibility index (Phi) is 6.01. The fourth-order valence-electron chi connectivity index (χ4n) is 3.42. The molecule has 2 atom stereocenters. The first-order chi connectivity index (χ1) is 13.4. The molecule has 4 rings (SSSR count). The van der Waals surface area contributed by atoms with Crippen molar-refractivity contribution in [2.24, 2.45) is 11.5 Å². The topological polar surface area (TPSA) is 118 Å². The van der Waals surface area contributed by atoms with E-state index < -0.39 is 12.1 Å². The molecule has 4 N–H and O–H groups in total. The maximum Gasteiger partial charge on any atom is 0.243 e. The molecule has 2 aliphatic rings. The molecular formula is C20H26N6O2. The highest BCUT2D eigenvalue weighted by atomic mass is 16.2. The number of nitrogens with two attached hydrogens (primary N) is 2. The quantitative estimate of drug-likeness (QED) is 0.690. The van der Waals surface area contributed by atoms with E-state index in [1.807, 2.05) is 24.3 Å². The largest absolute Gasteiger partial charge is 0.320 e. The van der Waals surface area contributed by atoms with E-state index in [4.69, 9.17) is 11.5 Å². The van der Waals surface area contributed by atoms with Crippen LogP contribution in [0.15, 0.2) is 36.7 Å². The lowest BCUT2D eigenvalue weighted by atomic mass is 10.1. The molecule has 0 spiro atoms. The summed E-state index contributed by atoms with van der Waals surface area (Å²) in [6, 6.07) is 6.68. The van der Waals surface area contributed by atoms with Crippen LogP contribution in [0.5, 0.6) is 0 Å². The monoisotopic (exact) mass is 382 g/mol. The number of fused-ring (bicyclic) bond motifs is 2. The predicted molar refractivity (Wildman–Crippen MR) is 108 cm³/mol. The number of aromatic nitrogens is 2. The molecule has 2 amide bonds. The molecule has 8 heteroatoms. The summed E-state index contributed by atoms with van der Waals surface area (Å²) >= 11 is 0. The maximum atomic E-state index is 11.7. The van der Waals surface area contributed by atoms with Crippen LogP contribution in [0.4, 0.5) is 11.4 Å². The van der Waals surface area contributed by atoms with Crippen LogP contribution in [0.3, 0.4) is 0 Å². The van der Waals surface area contributed by atoms with Crippen molar-refractivity contribution in [3.8, 4) is 0 Å². The lowest BCUT2D eigenvalue weighted by Crippen LogP contribution is -2.40. The normalized spacial score (nSPS) is 21.7. The first-order valence-corrected chi connectivity index (χ1v) is 9.34. The smallest absolute Gasteiger partial charge is 0.243 e. The molecule has 0 fully saturated rings. The number of aryl methyl sites for hydroxylation is 2. The second-order valence-corrected chi connectivity index (χ2v) is 7.02. The number of carbonyl (C=O) groups excluding carboxylic acids is 2. The summed E-state index contributed by atoms with van der Waals surface area (Å²) in [7, 11) is 3.49. The van der Waals surface area contributed by atoms with Crippen molar-refractivity contribution in [3.63, 3.8) is 0 Å². The average molecular weight is 382 g/mol. The number of rotatable bonds is 0. The van der Waals surface area contributed by atoms with Crippen molar-refractivity contribution in [1.82, 2.24) is 9.97 Å². The van der Waals surface area contributed by atoms with E-state index in [0.29, 0.717) is 12.8 Å². The van der Waals surface area contributed by atoms with Gasteiger partial charge in [0.1, 0.15) is 0 Å². The van der Waals surface area contributed by atoms with E-state index in [1.54, 1.807) is 36.3 Å². The summed E-state index contributed by atoms with van der Waals surface area (Å²) in [6.45, 7) is 0. The van der Waals surface area contributed by atoms with Crippen LogP contribution in [0.25, 0.3) is 0 Å². The number of nitrogens with zero attached hydrogens (tertiary/aromatic N) is 4. The van der Waals surface area contributed by atoms with Crippen molar-refractivity contribution < 1.29 is 9.59 Å². The number of anilines is 2. The minimum Gasteiger partial charge on any atom is -0.320 e. The van der Waals surface area contributed by atoms with Crippen LogP contribution >= 0.6 is 0 Å². The highest BCUT2D eigenvalue weighted by molar-refractivity contribution is 5.98. The van der Waals surface area contributed by atoms with Gasteiger partial charge in [0.2, 0.25) is 11.8 Å². The fourth-order valence-corrected chi connectivity index (χ4v) is 3.42. The minimum atomic E-state index is -0.394. The summed E-state index contributed by atoms with van der Waals surface area (Å²) in [5.41, 5.74) is 15.1. The summed E-state index contributed by atoms with van der Waals surface area (Å²) in [5.74, 6) is -0.0616. The molecule has 0 aromatic carbocycles. The summed E-state index contributed by atoms with van der Waals surface area (Å²) < 4.78 is 0. The van der Waals surface area contributed by atoms with Gasteiger partial charge in [-0.15, -0.1) is 0 Å². The third-order valence-corrected chi connectivity index (χ3v) is 5.13. The lowest BCUT2D eigenvalue weighted by molar-refractivity contribution is -0.120. The third kappa shape index (κ3) is 4.02. The molecule has 0 saturated heterocycles. The van der Waals surface area contributed by atoms with Gasteiger partial charge < -0.3 is 21.3 Å². The number of hydrogen-bond donors (Lipinski definition) is 2. The Hall–Kier alpha value is -2.84. The Bertz CT molecular complexity index is 800. The minimum absolute atomic E-state index is 0.0308. The molecule has 28 heavy (non-hydrogen) atoms. The molecule has 2 aliphatic heterocycles. The Balaban J connectivity index is 0.000000161. The summed E-state index contributed by atoms with van der Waals surface area (Å²) in [6.07, 6.45) is 6.38. The van der Waals surface area contributed by atoms with Gasteiger partial charge in [-0.2, -0.15) is 0 Å². The Morgan fingerprint density at radius 1 is 0.821 bits per heavy atom. The van der Waals surface area contributed by atoms with Crippen LogP contribution in [0, 0.1) is 0 Å².